The smallest absolute Gasteiger partial charge is 0.277 e. The fraction of sp³-hybridized carbons (Fsp3) is 0.182. The number of halogens is 1. The zero-order valence-corrected chi connectivity index (χ0v) is 11.7. The normalized spacial score (nSPS) is 10.3. The molecule has 0 aliphatic carbocycles. The van der Waals surface area contributed by atoms with E-state index in [4.69, 9.17) is 5.73 Å². The van der Waals surface area contributed by atoms with Crippen molar-refractivity contribution in [2.24, 2.45) is 5.73 Å². The molecule has 2 rings (SSSR count). The summed E-state index contributed by atoms with van der Waals surface area (Å²) in [7, 11) is 0. The van der Waals surface area contributed by atoms with E-state index in [1.165, 1.54) is 0 Å². The van der Waals surface area contributed by atoms with Crippen LogP contribution in [0.3, 0.4) is 0 Å². The van der Waals surface area contributed by atoms with Crippen LogP contribution in [0.5, 0.6) is 0 Å². The van der Waals surface area contributed by atoms with Crippen LogP contribution >= 0.6 is 22.6 Å². The standard InChI is InChI=1S/C11H12IN5O/c12-8-2-1-3-9(6-8)14-11(18)10-7-17(5-4-13)16-15-10/h1-3,6-7H,4-5,13H2,(H,14,18). The number of benzene rings is 1. The molecular formula is C11H12IN5O. The molecule has 0 bridgehead atoms. The largest absolute Gasteiger partial charge is 0.329 e. The number of carbonyl (C=O) groups excluding carboxylic acids is 1. The summed E-state index contributed by atoms with van der Waals surface area (Å²) in [6.45, 7) is 1.00. The second-order valence-electron chi connectivity index (χ2n) is 3.62. The Bertz CT molecular complexity index is 554. The summed E-state index contributed by atoms with van der Waals surface area (Å²) in [4.78, 5) is 11.9. The van der Waals surface area contributed by atoms with Crippen molar-refractivity contribution < 1.29 is 4.79 Å². The van der Waals surface area contributed by atoms with E-state index in [1.54, 1.807) is 10.9 Å². The fourth-order valence-electron chi connectivity index (χ4n) is 1.41. The molecule has 18 heavy (non-hydrogen) atoms. The summed E-state index contributed by atoms with van der Waals surface area (Å²) >= 11 is 2.18. The van der Waals surface area contributed by atoms with Crippen LogP contribution in [-0.2, 0) is 6.54 Å². The Hall–Kier alpha value is -1.48. The minimum atomic E-state index is -0.278. The Morgan fingerprint density at radius 3 is 3.06 bits per heavy atom. The maximum absolute atomic E-state index is 11.9. The van der Waals surface area contributed by atoms with Crippen LogP contribution in [0.15, 0.2) is 30.5 Å². The van der Waals surface area contributed by atoms with E-state index in [1.807, 2.05) is 24.3 Å². The van der Waals surface area contributed by atoms with Crippen molar-refractivity contribution in [3.8, 4) is 0 Å². The predicted molar refractivity (Wildman–Crippen MR) is 76.2 cm³/mol. The first-order valence-electron chi connectivity index (χ1n) is 5.36. The zero-order chi connectivity index (χ0) is 13.0. The van der Waals surface area contributed by atoms with Crippen LogP contribution in [0.25, 0.3) is 0 Å². The van der Waals surface area contributed by atoms with Gasteiger partial charge in [0.05, 0.1) is 12.7 Å². The highest BCUT2D eigenvalue weighted by atomic mass is 127. The molecule has 0 aliphatic rings. The predicted octanol–water partition coefficient (Wildman–Crippen LogP) is 1.09. The van der Waals surface area contributed by atoms with Gasteiger partial charge in [-0.25, -0.2) is 0 Å². The Kier molecular flexibility index (Phi) is 4.26. The number of rotatable bonds is 4. The molecule has 1 amide bonds. The minimum Gasteiger partial charge on any atom is -0.329 e. The van der Waals surface area contributed by atoms with E-state index in [2.05, 4.69) is 38.2 Å². The van der Waals surface area contributed by atoms with Crippen molar-refractivity contribution >= 4 is 34.2 Å². The van der Waals surface area contributed by atoms with Crippen LogP contribution in [0.4, 0.5) is 5.69 Å². The number of nitrogens with two attached hydrogens (primary N) is 1. The van der Waals surface area contributed by atoms with Gasteiger partial charge in [-0.15, -0.1) is 5.10 Å². The van der Waals surface area contributed by atoms with Gasteiger partial charge in [-0.1, -0.05) is 11.3 Å². The maximum Gasteiger partial charge on any atom is 0.277 e. The van der Waals surface area contributed by atoms with Crippen molar-refractivity contribution in [2.75, 3.05) is 11.9 Å². The van der Waals surface area contributed by atoms with Crippen LogP contribution in [0.1, 0.15) is 10.5 Å². The molecule has 0 atom stereocenters. The first-order chi connectivity index (χ1) is 8.69. The van der Waals surface area contributed by atoms with Crippen LogP contribution in [0, 0.1) is 3.57 Å². The van der Waals surface area contributed by atoms with E-state index in [0.717, 1.165) is 9.26 Å². The number of anilines is 1. The third-order valence-electron chi connectivity index (χ3n) is 2.21. The van der Waals surface area contributed by atoms with Crippen LogP contribution in [-0.4, -0.2) is 27.4 Å². The number of aromatic nitrogens is 3. The summed E-state index contributed by atoms with van der Waals surface area (Å²) in [6.07, 6.45) is 1.58. The molecule has 2 aromatic rings. The van der Waals surface area contributed by atoms with Gasteiger partial charge in [-0.05, 0) is 40.8 Å². The van der Waals surface area contributed by atoms with E-state index >= 15 is 0 Å². The molecule has 0 spiro atoms. The topological polar surface area (TPSA) is 85.8 Å². The lowest BCUT2D eigenvalue weighted by atomic mass is 10.3. The summed E-state index contributed by atoms with van der Waals surface area (Å²) in [5, 5.41) is 10.4. The highest BCUT2D eigenvalue weighted by Gasteiger charge is 2.10. The van der Waals surface area contributed by atoms with Crippen LogP contribution < -0.4 is 11.1 Å². The molecule has 7 heteroatoms. The third kappa shape index (κ3) is 3.26. The quantitative estimate of drug-likeness (QED) is 0.803. The number of carbonyl (C=O) groups is 1. The lowest BCUT2D eigenvalue weighted by Gasteiger charge is -2.02. The average molecular weight is 357 g/mol. The Morgan fingerprint density at radius 1 is 1.50 bits per heavy atom. The molecule has 94 valence electrons. The molecule has 0 radical (unpaired) electrons. The van der Waals surface area contributed by atoms with Gasteiger partial charge < -0.3 is 11.1 Å². The molecule has 6 nitrogen and oxygen atoms in total. The summed E-state index contributed by atoms with van der Waals surface area (Å²) in [5.74, 6) is -0.278. The molecule has 0 saturated carbocycles. The number of hydrogen-bond donors (Lipinski definition) is 2. The lowest BCUT2D eigenvalue weighted by Crippen LogP contribution is -2.12. The van der Waals surface area contributed by atoms with Gasteiger partial charge in [0.25, 0.3) is 5.91 Å². The molecule has 3 N–H and O–H groups in total. The van der Waals surface area contributed by atoms with Gasteiger partial charge in [-0.3, -0.25) is 9.48 Å². The van der Waals surface area contributed by atoms with E-state index < -0.39 is 0 Å². The van der Waals surface area contributed by atoms with Gasteiger partial charge in [-0.2, -0.15) is 0 Å². The van der Waals surface area contributed by atoms with Crippen molar-refractivity contribution in [2.45, 2.75) is 6.54 Å². The van der Waals surface area contributed by atoms with Gasteiger partial charge in [0.15, 0.2) is 5.69 Å². The first kappa shape index (κ1) is 13.0. The molecule has 1 aromatic heterocycles. The third-order valence-corrected chi connectivity index (χ3v) is 2.88. The first-order valence-corrected chi connectivity index (χ1v) is 6.44. The molecule has 0 fully saturated rings. The summed E-state index contributed by atoms with van der Waals surface area (Å²) < 4.78 is 2.60. The molecule has 0 aliphatic heterocycles. The second kappa shape index (κ2) is 5.91. The van der Waals surface area contributed by atoms with Crippen molar-refractivity contribution in [1.29, 1.82) is 0 Å². The van der Waals surface area contributed by atoms with E-state index in [-0.39, 0.29) is 11.6 Å². The van der Waals surface area contributed by atoms with Gasteiger partial charge in [0, 0.05) is 15.8 Å². The Morgan fingerprint density at radius 2 is 2.33 bits per heavy atom. The van der Waals surface area contributed by atoms with Crippen LogP contribution in [0.2, 0.25) is 0 Å². The van der Waals surface area contributed by atoms with E-state index in [9.17, 15) is 4.79 Å². The van der Waals surface area contributed by atoms with Gasteiger partial charge in [0.1, 0.15) is 0 Å². The highest BCUT2D eigenvalue weighted by molar-refractivity contribution is 14.1. The summed E-state index contributed by atoms with van der Waals surface area (Å²) in [5.41, 5.74) is 6.41. The molecule has 1 heterocycles. The van der Waals surface area contributed by atoms with E-state index in [0.29, 0.717) is 13.1 Å². The van der Waals surface area contributed by atoms with Gasteiger partial charge >= 0.3 is 0 Å². The molecule has 1 aromatic carbocycles. The molecular weight excluding hydrogens is 345 g/mol. The molecule has 0 unspecified atom stereocenters. The average Bonchev–Trinajstić information content (AvgIpc) is 2.78. The second-order valence-corrected chi connectivity index (χ2v) is 4.87. The monoisotopic (exact) mass is 357 g/mol. The highest BCUT2D eigenvalue weighted by Crippen LogP contribution is 2.13. The number of nitrogens with zero attached hydrogens (tertiary/aromatic N) is 3. The van der Waals surface area contributed by atoms with Crippen molar-refractivity contribution in [3.63, 3.8) is 0 Å². The Labute approximate surface area is 118 Å². The zero-order valence-electron chi connectivity index (χ0n) is 9.51. The van der Waals surface area contributed by atoms with Gasteiger partial charge in [0.2, 0.25) is 0 Å². The maximum atomic E-state index is 11.9. The number of hydrogen-bond acceptors (Lipinski definition) is 4. The lowest BCUT2D eigenvalue weighted by molar-refractivity contribution is 0.102. The fourth-order valence-corrected chi connectivity index (χ4v) is 1.95. The number of nitrogens with one attached hydrogen (secondary N) is 1. The van der Waals surface area contributed by atoms with Crippen molar-refractivity contribution in [1.82, 2.24) is 15.0 Å². The SMILES string of the molecule is NCCn1cc(C(=O)Nc2cccc(I)c2)nn1. The Balaban J connectivity index is 2.07. The number of amides is 1. The molecule has 0 saturated heterocycles. The van der Waals surface area contributed by atoms with Crippen molar-refractivity contribution in [3.05, 3.63) is 39.7 Å². The minimum absolute atomic E-state index is 0.278. The summed E-state index contributed by atoms with van der Waals surface area (Å²) in [6, 6.07) is 7.53.